The van der Waals surface area contributed by atoms with Gasteiger partial charge in [0.15, 0.2) is 10.8 Å². The first kappa shape index (κ1) is 24.7. The summed E-state index contributed by atoms with van der Waals surface area (Å²) in [4.78, 5) is 13.7. The summed E-state index contributed by atoms with van der Waals surface area (Å²) in [5.41, 5.74) is 9.13. The average molecular weight is 523 g/mol. The van der Waals surface area contributed by atoms with Crippen LogP contribution in [0.1, 0.15) is 23.0 Å². The van der Waals surface area contributed by atoms with E-state index in [9.17, 15) is 18.3 Å². The van der Waals surface area contributed by atoms with Crippen LogP contribution in [0.3, 0.4) is 0 Å². The number of aliphatic hydroxyl groups is 1. The van der Waals surface area contributed by atoms with Crippen LogP contribution in [0.4, 0.5) is 13.2 Å². The number of thiazole rings is 1. The summed E-state index contributed by atoms with van der Waals surface area (Å²) in [6, 6.07) is 2.82. The zero-order chi connectivity index (χ0) is 25.2. The summed E-state index contributed by atoms with van der Waals surface area (Å²) < 4.78 is 39.8. The van der Waals surface area contributed by atoms with Crippen molar-refractivity contribution in [1.29, 1.82) is 5.41 Å². The highest BCUT2D eigenvalue weighted by atomic mass is 35.5. The normalized spacial score (nSPS) is 22.1. The van der Waals surface area contributed by atoms with E-state index in [1.807, 2.05) is 5.32 Å². The number of azide groups is 1. The Morgan fingerprint density at radius 1 is 1.51 bits per heavy atom. The van der Waals surface area contributed by atoms with Gasteiger partial charge in [-0.15, -0.1) is 11.3 Å². The van der Waals surface area contributed by atoms with Crippen molar-refractivity contribution in [1.82, 2.24) is 15.2 Å². The Morgan fingerprint density at radius 3 is 2.91 bits per heavy atom. The molecule has 3 N–H and O–H groups in total. The summed E-state index contributed by atoms with van der Waals surface area (Å²) >= 11 is 7.67. The minimum atomic E-state index is -2.89. The Hall–Kier alpha value is -3.38. The lowest BCUT2D eigenvalue weighted by atomic mass is 9.88. The number of aliphatic imine (C=N–C) groups is 1. The number of aromatic nitrogens is 1. The maximum atomic E-state index is 13.8. The number of benzene rings is 1. The molecule has 2 aliphatic heterocycles. The molecule has 1 aromatic heterocycles. The van der Waals surface area contributed by atoms with Gasteiger partial charge in [0.25, 0.3) is 0 Å². The monoisotopic (exact) mass is 522 g/mol. The molecular formula is C21H18ClF3N8OS. The molecule has 2 aliphatic rings. The standard InChI is InChI=1S/C21H18ClF3N8OS/c22-14-5-12(23)1-2-13(14)17-16(11(7-26)8-29-20(24)25)15-6-21(10-34,31-32-27)9-33(15)18(30-17)19-28-3-4-35-19/h1-5,7-8,17,20,26,29,34H,6,9-10H2/b11-8+,26-7?/t17-,21?/m0/s1. The van der Waals surface area contributed by atoms with E-state index in [-0.39, 0.29) is 23.6 Å². The quantitative estimate of drug-likeness (QED) is 0.151. The zero-order valence-electron chi connectivity index (χ0n) is 17.9. The molecule has 182 valence electrons. The number of nitrogens with one attached hydrogen (secondary N) is 2. The van der Waals surface area contributed by atoms with Crippen molar-refractivity contribution < 1.29 is 18.3 Å². The summed E-state index contributed by atoms with van der Waals surface area (Å²) in [5, 5.41) is 26.1. The Kier molecular flexibility index (Phi) is 7.13. The number of hydrogen-bond donors (Lipinski definition) is 3. The van der Waals surface area contributed by atoms with E-state index in [0.717, 1.165) is 18.5 Å². The molecule has 1 aromatic carbocycles. The van der Waals surface area contributed by atoms with Gasteiger partial charge < -0.3 is 20.7 Å². The Bertz CT molecular complexity index is 1280. The molecule has 2 aromatic rings. The molecule has 1 unspecified atom stereocenters. The Morgan fingerprint density at radius 2 is 2.31 bits per heavy atom. The van der Waals surface area contributed by atoms with Crippen LogP contribution in [0, 0.1) is 11.2 Å². The van der Waals surface area contributed by atoms with Gasteiger partial charge in [0.05, 0.1) is 12.1 Å². The smallest absolute Gasteiger partial charge is 0.312 e. The van der Waals surface area contributed by atoms with Gasteiger partial charge in [-0.1, -0.05) is 22.8 Å². The van der Waals surface area contributed by atoms with Crippen LogP contribution in [0.25, 0.3) is 10.4 Å². The molecule has 3 heterocycles. The van der Waals surface area contributed by atoms with E-state index in [1.165, 1.54) is 23.5 Å². The van der Waals surface area contributed by atoms with Crippen LogP contribution >= 0.6 is 22.9 Å². The fourth-order valence-electron chi connectivity index (χ4n) is 4.14. The minimum Gasteiger partial charge on any atom is -0.396 e. The SMILES string of the molecule is [N-]=[N+]=NC1(CO)CC2=C(/C(C=N)=C/NC(F)F)[C@H](c3ccc(F)cc3Cl)N=C(c3nccs3)N2C1. The number of hydrogen-bond acceptors (Lipinski definition) is 8. The number of rotatable bonds is 8. The van der Waals surface area contributed by atoms with Gasteiger partial charge in [-0.25, -0.2) is 9.37 Å². The van der Waals surface area contributed by atoms with Gasteiger partial charge in [0, 0.05) is 63.7 Å². The van der Waals surface area contributed by atoms with Gasteiger partial charge in [-0.3, -0.25) is 4.99 Å². The molecule has 9 nitrogen and oxygen atoms in total. The number of aliphatic hydroxyl groups excluding tert-OH is 1. The van der Waals surface area contributed by atoms with Gasteiger partial charge in [-0.05, 0) is 23.2 Å². The van der Waals surface area contributed by atoms with Gasteiger partial charge in [0.2, 0.25) is 0 Å². The zero-order valence-corrected chi connectivity index (χ0v) is 19.4. The number of fused-ring (bicyclic) bond motifs is 1. The number of halogens is 4. The molecule has 0 bridgehead atoms. The highest BCUT2D eigenvalue weighted by Gasteiger charge is 2.47. The Balaban J connectivity index is 2.01. The van der Waals surface area contributed by atoms with Crippen molar-refractivity contribution in [3.8, 4) is 0 Å². The first-order chi connectivity index (χ1) is 16.8. The fourth-order valence-corrected chi connectivity index (χ4v) is 5.05. The lowest BCUT2D eigenvalue weighted by Gasteiger charge is -2.33. The first-order valence-electron chi connectivity index (χ1n) is 10.2. The molecule has 2 atom stereocenters. The largest absolute Gasteiger partial charge is 0.396 e. The van der Waals surface area contributed by atoms with Crippen molar-refractivity contribution in [3.63, 3.8) is 0 Å². The van der Waals surface area contributed by atoms with Crippen molar-refractivity contribution in [2.24, 2.45) is 10.1 Å². The summed E-state index contributed by atoms with van der Waals surface area (Å²) in [6.45, 7) is -3.33. The van der Waals surface area contributed by atoms with Crippen LogP contribution in [-0.2, 0) is 0 Å². The summed E-state index contributed by atoms with van der Waals surface area (Å²) in [5.74, 6) is -0.182. The lowest BCUT2D eigenvalue weighted by molar-refractivity contribution is 0.125. The number of amidine groups is 1. The van der Waals surface area contributed by atoms with Crippen LogP contribution in [0.15, 0.2) is 62.9 Å². The predicted molar refractivity (Wildman–Crippen MR) is 126 cm³/mol. The summed E-state index contributed by atoms with van der Waals surface area (Å²) in [7, 11) is 0. The third-order valence-corrected chi connectivity index (χ3v) is 6.73. The van der Waals surface area contributed by atoms with E-state index in [4.69, 9.17) is 27.5 Å². The second-order valence-corrected chi connectivity index (χ2v) is 9.07. The van der Waals surface area contributed by atoms with E-state index < -0.39 is 30.6 Å². The highest BCUT2D eigenvalue weighted by Crippen LogP contribution is 2.47. The average Bonchev–Trinajstić information content (AvgIpc) is 3.48. The van der Waals surface area contributed by atoms with Crippen molar-refractivity contribution in [2.45, 2.75) is 24.6 Å². The number of nitrogens with zero attached hydrogens (tertiary/aromatic N) is 6. The molecule has 1 saturated heterocycles. The molecule has 35 heavy (non-hydrogen) atoms. The molecule has 0 aliphatic carbocycles. The van der Waals surface area contributed by atoms with E-state index in [2.05, 4.69) is 15.0 Å². The molecule has 14 heteroatoms. The van der Waals surface area contributed by atoms with E-state index in [0.29, 0.717) is 27.7 Å². The molecule has 1 fully saturated rings. The minimum absolute atomic E-state index is 0.0302. The van der Waals surface area contributed by atoms with E-state index in [1.54, 1.807) is 16.5 Å². The molecule has 0 saturated carbocycles. The van der Waals surface area contributed by atoms with Crippen LogP contribution in [0.5, 0.6) is 0 Å². The third-order valence-electron chi connectivity index (χ3n) is 5.63. The van der Waals surface area contributed by atoms with Crippen LogP contribution < -0.4 is 5.32 Å². The predicted octanol–water partition coefficient (Wildman–Crippen LogP) is 4.78. The van der Waals surface area contributed by atoms with E-state index >= 15 is 0 Å². The Labute approximate surface area is 206 Å². The fraction of sp³-hybridized carbons (Fsp3) is 0.286. The topological polar surface area (TPSA) is 133 Å². The highest BCUT2D eigenvalue weighted by molar-refractivity contribution is 7.11. The second kappa shape index (κ2) is 10.1. The molecule has 0 amide bonds. The number of alkyl halides is 2. The third kappa shape index (κ3) is 4.76. The molecule has 0 spiro atoms. The van der Waals surface area contributed by atoms with Crippen molar-refractivity contribution >= 4 is 35.0 Å². The van der Waals surface area contributed by atoms with Crippen molar-refractivity contribution in [3.05, 3.63) is 84.7 Å². The van der Waals surface area contributed by atoms with Gasteiger partial charge in [0.1, 0.15) is 11.9 Å². The first-order valence-corrected chi connectivity index (χ1v) is 11.4. The van der Waals surface area contributed by atoms with Crippen molar-refractivity contribution in [2.75, 3.05) is 13.2 Å². The second-order valence-electron chi connectivity index (χ2n) is 7.76. The van der Waals surface area contributed by atoms with Gasteiger partial charge in [-0.2, -0.15) is 8.78 Å². The summed E-state index contributed by atoms with van der Waals surface area (Å²) in [6.07, 6.45) is 3.48. The lowest BCUT2D eigenvalue weighted by Crippen LogP contribution is -2.39. The molecular weight excluding hydrogens is 505 g/mol. The maximum absolute atomic E-state index is 13.8. The van der Waals surface area contributed by atoms with Crippen LogP contribution in [-0.4, -0.2) is 52.3 Å². The molecule has 4 rings (SSSR count). The van der Waals surface area contributed by atoms with Crippen LogP contribution in [0.2, 0.25) is 5.02 Å². The maximum Gasteiger partial charge on any atom is 0.312 e. The molecule has 0 radical (unpaired) electrons. The van der Waals surface area contributed by atoms with Gasteiger partial charge >= 0.3 is 6.55 Å².